The zero-order chi connectivity index (χ0) is 14.5. The van der Waals surface area contributed by atoms with Crippen molar-refractivity contribution in [3.05, 3.63) is 45.0 Å². The number of rotatable bonds is 7. The monoisotopic (exact) mass is 291 g/mol. The van der Waals surface area contributed by atoms with Gasteiger partial charge in [0.25, 0.3) is 0 Å². The summed E-state index contributed by atoms with van der Waals surface area (Å²) in [6.45, 7) is 9.58. The highest BCUT2D eigenvalue weighted by atomic mass is 32.1. The minimum atomic E-state index is 0.398. The molecule has 2 rings (SSSR count). The summed E-state index contributed by atoms with van der Waals surface area (Å²) < 4.78 is 5.81. The van der Waals surface area contributed by atoms with Crippen LogP contribution < -0.4 is 5.32 Å². The second-order valence-electron chi connectivity index (χ2n) is 5.38. The Morgan fingerprint density at radius 3 is 2.60 bits per heavy atom. The predicted molar refractivity (Wildman–Crippen MR) is 86.6 cm³/mol. The summed E-state index contributed by atoms with van der Waals surface area (Å²) in [4.78, 5) is 1.46. The Balaban J connectivity index is 2.13. The Morgan fingerprint density at radius 2 is 2.05 bits per heavy atom. The lowest BCUT2D eigenvalue weighted by atomic mass is 9.97. The molecule has 0 radical (unpaired) electrons. The molecule has 0 amide bonds. The Hall–Kier alpha value is -1.06. The summed E-state index contributed by atoms with van der Waals surface area (Å²) in [5.74, 6) is 2.12. The average Bonchev–Trinajstić information content (AvgIpc) is 3.01. The van der Waals surface area contributed by atoms with E-state index < -0.39 is 0 Å². The van der Waals surface area contributed by atoms with Crippen LogP contribution >= 0.6 is 11.3 Å². The van der Waals surface area contributed by atoms with Gasteiger partial charge >= 0.3 is 0 Å². The van der Waals surface area contributed by atoms with Crippen molar-refractivity contribution >= 4 is 11.3 Å². The van der Waals surface area contributed by atoms with Gasteiger partial charge in [0, 0.05) is 16.5 Å². The first-order valence-electron chi connectivity index (χ1n) is 7.45. The van der Waals surface area contributed by atoms with Gasteiger partial charge in [0.2, 0.25) is 0 Å². The Bertz CT molecular complexity index is 527. The van der Waals surface area contributed by atoms with Crippen molar-refractivity contribution in [2.75, 3.05) is 6.54 Å². The molecular weight excluding hydrogens is 266 g/mol. The fourth-order valence-electron chi connectivity index (χ4n) is 2.73. The molecule has 110 valence electrons. The van der Waals surface area contributed by atoms with Crippen LogP contribution in [0, 0.1) is 20.8 Å². The molecule has 0 aromatic carbocycles. The maximum absolute atomic E-state index is 5.81. The Morgan fingerprint density at radius 1 is 1.25 bits per heavy atom. The zero-order valence-electron chi connectivity index (χ0n) is 13.0. The number of furan rings is 1. The second kappa shape index (κ2) is 7.09. The van der Waals surface area contributed by atoms with E-state index in [2.05, 4.69) is 50.5 Å². The average molecular weight is 291 g/mol. The van der Waals surface area contributed by atoms with Gasteiger partial charge in [-0.15, -0.1) is 11.3 Å². The summed E-state index contributed by atoms with van der Waals surface area (Å²) in [6.07, 6.45) is 3.41. The van der Waals surface area contributed by atoms with Crippen LogP contribution in [0.15, 0.2) is 21.9 Å². The first-order chi connectivity index (χ1) is 9.63. The Kier molecular flexibility index (Phi) is 5.44. The second-order valence-corrected chi connectivity index (χ2v) is 6.41. The molecule has 1 atom stereocenters. The third kappa shape index (κ3) is 3.53. The highest BCUT2D eigenvalue weighted by Gasteiger charge is 2.20. The lowest BCUT2D eigenvalue weighted by Crippen LogP contribution is -2.23. The molecule has 0 aliphatic rings. The fourth-order valence-corrected chi connectivity index (χ4v) is 3.45. The molecule has 0 fully saturated rings. The molecule has 1 N–H and O–H groups in total. The van der Waals surface area contributed by atoms with E-state index in [4.69, 9.17) is 4.42 Å². The molecule has 0 aliphatic heterocycles. The number of hydrogen-bond donors (Lipinski definition) is 1. The number of hydrogen-bond acceptors (Lipinski definition) is 3. The van der Waals surface area contributed by atoms with E-state index in [0.29, 0.717) is 6.04 Å². The maximum atomic E-state index is 5.81. The van der Waals surface area contributed by atoms with Crippen molar-refractivity contribution in [2.24, 2.45) is 0 Å². The molecule has 3 heteroatoms. The van der Waals surface area contributed by atoms with Crippen LogP contribution in [-0.2, 0) is 6.42 Å². The summed E-state index contributed by atoms with van der Waals surface area (Å²) >= 11 is 1.85. The van der Waals surface area contributed by atoms with Crippen LogP contribution in [0.5, 0.6) is 0 Å². The summed E-state index contributed by atoms with van der Waals surface area (Å²) in [5, 5.41) is 5.84. The van der Waals surface area contributed by atoms with E-state index in [1.54, 1.807) is 0 Å². The van der Waals surface area contributed by atoms with Crippen LogP contribution in [0.25, 0.3) is 0 Å². The van der Waals surface area contributed by atoms with Crippen LogP contribution in [0.3, 0.4) is 0 Å². The van der Waals surface area contributed by atoms with Crippen LogP contribution in [0.2, 0.25) is 0 Å². The zero-order valence-corrected chi connectivity index (χ0v) is 13.8. The van der Waals surface area contributed by atoms with E-state index in [1.165, 1.54) is 16.0 Å². The first kappa shape index (κ1) is 15.3. The molecule has 20 heavy (non-hydrogen) atoms. The SMILES string of the molecule is CCCNC(CCc1cccs1)c1c(C)oc(C)c1C. The fraction of sp³-hybridized carbons (Fsp3) is 0.529. The highest BCUT2D eigenvalue weighted by molar-refractivity contribution is 7.09. The van der Waals surface area contributed by atoms with Gasteiger partial charge in [-0.1, -0.05) is 13.0 Å². The summed E-state index contributed by atoms with van der Waals surface area (Å²) in [5.41, 5.74) is 2.68. The molecule has 1 unspecified atom stereocenters. The van der Waals surface area contributed by atoms with Gasteiger partial charge in [-0.05, 0) is 63.6 Å². The van der Waals surface area contributed by atoms with Gasteiger partial charge in [-0.2, -0.15) is 0 Å². The van der Waals surface area contributed by atoms with Crippen molar-refractivity contribution in [1.82, 2.24) is 5.32 Å². The van der Waals surface area contributed by atoms with Gasteiger partial charge in [-0.25, -0.2) is 0 Å². The van der Waals surface area contributed by atoms with Crippen molar-refractivity contribution in [3.8, 4) is 0 Å². The molecular formula is C17H25NOS. The molecule has 0 saturated carbocycles. The normalized spacial score (nSPS) is 12.8. The maximum Gasteiger partial charge on any atom is 0.106 e. The van der Waals surface area contributed by atoms with Gasteiger partial charge in [0.05, 0.1) is 0 Å². The highest BCUT2D eigenvalue weighted by Crippen LogP contribution is 2.30. The topological polar surface area (TPSA) is 25.2 Å². The third-order valence-corrected chi connectivity index (χ3v) is 4.80. The summed E-state index contributed by atoms with van der Waals surface area (Å²) in [7, 11) is 0. The molecule has 2 heterocycles. The third-order valence-electron chi connectivity index (χ3n) is 3.87. The predicted octanol–water partition coefficient (Wildman–Crippen LogP) is 4.94. The van der Waals surface area contributed by atoms with Gasteiger partial charge in [0.1, 0.15) is 11.5 Å². The minimum Gasteiger partial charge on any atom is -0.466 e. The molecule has 2 aromatic rings. The van der Waals surface area contributed by atoms with E-state index in [1.807, 2.05) is 11.3 Å². The van der Waals surface area contributed by atoms with Crippen molar-refractivity contribution in [2.45, 2.75) is 53.0 Å². The quantitative estimate of drug-likeness (QED) is 0.781. The number of nitrogens with one attached hydrogen (secondary N) is 1. The number of aryl methyl sites for hydroxylation is 3. The molecule has 0 aliphatic carbocycles. The largest absolute Gasteiger partial charge is 0.466 e. The Labute approximate surface area is 126 Å². The lowest BCUT2D eigenvalue weighted by molar-refractivity contribution is 0.468. The van der Waals surface area contributed by atoms with Crippen LogP contribution in [-0.4, -0.2) is 6.54 Å². The molecule has 2 aromatic heterocycles. The molecule has 0 saturated heterocycles. The number of thiophene rings is 1. The van der Waals surface area contributed by atoms with E-state index in [-0.39, 0.29) is 0 Å². The molecule has 2 nitrogen and oxygen atoms in total. The summed E-state index contributed by atoms with van der Waals surface area (Å²) in [6, 6.07) is 4.75. The minimum absolute atomic E-state index is 0.398. The standard InChI is InChI=1S/C17H25NOS/c1-5-10-18-16(9-8-15-7-6-11-20-15)17-12(2)13(3)19-14(17)4/h6-7,11,16,18H,5,8-10H2,1-4H3. The smallest absolute Gasteiger partial charge is 0.106 e. The van der Waals surface area contributed by atoms with Crippen LogP contribution in [0.1, 0.15) is 53.3 Å². The molecule has 0 spiro atoms. The van der Waals surface area contributed by atoms with Gasteiger partial charge in [-0.3, -0.25) is 0 Å². The van der Waals surface area contributed by atoms with Crippen molar-refractivity contribution in [3.63, 3.8) is 0 Å². The van der Waals surface area contributed by atoms with E-state index in [9.17, 15) is 0 Å². The van der Waals surface area contributed by atoms with Crippen molar-refractivity contribution in [1.29, 1.82) is 0 Å². The van der Waals surface area contributed by atoms with Crippen molar-refractivity contribution < 1.29 is 4.42 Å². The lowest BCUT2D eigenvalue weighted by Gasteiger charge is -2.19. The van der Waals surface area contributed by atoms with Gasteiger partial charge in [0.15, 0.2) is 0 Å². The van der Waals surface area contributed by atoms with Gasteiger partial charge < -0.3 is 9.73 Å². The first-order valence-corrected chi connectivity index (χ1v) is 8.33. The van der Waals surface area contributed by atoms with E-state index in [0.717, 1.165) is 37.3 Å². The molecule has 0 bridgehead atoms. The van der Waals surface area contributed by atoms with Crippen LogP contribution in [0.4, 0.5) is 0 Å². The van der Waals surface area contributed by atoms with E-state index >= 15 is 0 Å².